The van der Waals surface area contributed by atoms with Crippen molar-refractivity contribution in [2.75, 3.05) is 31.1 Å². The highest BCUT2D eigenvalue weighted by atomic mass is 19.1. The quantitative estimate of drug-likeness (QED) is 0.849. The van der Waals surface area contributed by atoms with E-state index in [4.69, 9.17) is 0 Å². The van der Waals surface area contributed by atoms with E-state index in [1.54, 1.807) is 4.90 Å². The summed E-state index contributed by atoms with van der Waals surface area (Å²) in [5.41, 5.74) is 2.28. The third kappa shape index (κ3) is 3.18. The fraction of sp³-hybridized carbons (Fsp3) is 0.278. The van der Waals surface area contributed by atoms with Crippen molar-refractivity contribution in [1.82, 2.24) is 4.90 Å². The lowest BCUT2D eigenvalue weighted by atomic mass is 10.1. The van der Waals surface area contributed by atoms with Crippen LogP contribution < -0.4 is 4.90 Å². The average molecular weight is 316 g/mol. The molecule has 23 heavy (non-hydrogen) atoms. The molecular formula is C18H18F2N2O. The highest BCUT2D eigenvalue weighted by Crippen LogP contribution is 2.21. The fourth-order valence-electron chi connectivity index (χ4n) is 2.90. The number of anilines is 1. The third-order valence-electron chi connectivity index (χ3n) is 4.18. The monoisotopic (exact) mass is 316 g/mol. The molecule has 0 saturated carbocycles. The molecule has 0 unspecified atom stereocenters. The average Bonchev–Trinajstić information content (AvgIpc) is 2.55. The molecule has 1 aliphatic rings. The third-order valence-corrected chi connectivity index (χ3v) is 4.18. The van der Waals surface area contributed by atoms with E-state index in [0.717, 1.165) is 17.8 Å². The Morgan fingerprint density at radius 2 is 1.70 bits per heavy atom. The zero-order chi connectivity index (χ0) is 16.4. The van der Waals surface area contributed by atoms with Crippen LogP contribution in [0.4, 0.5) is 14.5 Å². The minimum Gasteiger partial charge on any atom is -0.368 e. The summed E-state index contributed by atoms with van der Waals surface area (Å²) in [4.78, 5) is 16.2. The van der Waals surface area contributed by atoms with Crippen LogP contribution >= 0.6 is 0 Å². The zero-order valence-corrected chi connectivity index (χ0v) is 12.9. The first-order valence-corrected chi connectivity index (χ1v) is 7.61. The topological polar surface area (TPSA) is 23.6 Å². The highest BCUT2D eigenvalue weighted by molar-refractivity contribution is 5.94. The molecule has 3 nitrogen and oxygen atoms in total. The normalized spacial score (nSPS) is 14.9. The van der Waals surface area contributed by atoms with E-state index in [2.05, 4.69) is 24.0 Å². The van der Waals surface area contributed by atoms with E-state index in [1.807, 2.05) is 12.1 Å². The van der Waals surface area contributed by atoms with Crippen LogP contribution in [0.2, 0.25) is 0 Å². The van der Waals surface area contributed by atoms with Crippen LogP contribution in [0.15, 0.2) is 42.5 Å². The molecule has 1 fully saturated rings. The molecule has 0 spiro atoms. The molecule has 0 bridgehead atoms. The summed E-state index contributed by atoms with van der Waals surface area (Å²) in [5, 5.41) is 0. The number of aryl methyl sites for hydroxylation is 1. The lowest BCUT2D eigenvalue weighted by molar-refractivity contribution is 0.0742. The van der Waals surface area contributed by atoms with E-state index in [9.17, 15) is 13.6 Å². The number of carbonyl (C=O) groups excluding carboxylic acids is 1. The molecule has 1 amide bonds. The maximum atomic E-state index is 13.8. The van der Waals surface area contributed by atoms with Gasteiger partial charge < -0.3 is 9.80 Å². The first-order chi connectivity index (χ1) is 11.1. The van der Waals surface area contributed by atoms with E-state index in [-0.39, 0.29) is 11.5 Å². The number of piperazine rings is 1. The second kappa shape index (κ2) is 6.36. The Balaban J connectivity index is 1.69. The first-order valence-electron chi connectivity index (χ1n) is 7.61. The predicted octanol–water partition coefficient (Wildman–Crippen LogP) is 3.24. The van der Waals surface area contributed by atoms with Crippen LogP contribution in [-0.4, -0.2) is 37.0 Å². The van der Waals surface area contributed by atoms with Gasteiger partial charge in [-0.2, -0.15) is 0 Å². The Labute approximate surface area is 134 Å². The van der Waals surface area contributed by atoms with Gasteiger partial charge in [0.2, 0.25) is 0 Å². The van der Waals surface area contributed by atoms with Gasteiger partial charge >= 0.3 is 0 Å². The lowest BCUT2D eigenvalue weighted by Gasteiger charge is -2.36. The van der Waals surface area contributed by atoms with Gasteiger partial charge in [-0.05, 0) is 30.7 Å². The molecule has 2 aromatic rings. The number of hydrogen-bond donors (Lipinski definition) is 0. The maximum absolute atomic E-state index is 13.8. The molecule has 2 aromatic carbocycles. The Morgan fingerprint density at radius 1 is 1.00 bits per heavy atom. The standard InChI is InChI=1S/C18H18F2N2O/c1-13-4-2-3-5-17(13)21-8-10-22(11-9-21)18(23)15-7-6-14(19)12-16(15)20/h2-7,12H,8-11H2,1H3. The van der Waals surface area contributed by atoms with Gasteiger partial charge in [-0.1, -0.05) is 18.2 Å². The molecule has 0 N–H and O–H groups in total. The van der Waals surface area contributed by atoms with Crippen molar-refractivity contribution in [2.24, 2.45) is 0 Å². The molecule has 0 aromatic heterocycles. The number of hydrogen-bond acceptors (Lipinski definition) is 2. The Bertz CT molecular complexity index is 725. The fourth-order valence-corrected chi connectivity index (χ4v) is 2.90. The largest absolute Gasteiger partial charge is 0.368 e. The molecule has 1 saturated heterocycles. The highest BCUT2D eigenvalue weighted by Gasteiger charge is 2.24. The van der Waals surface area contributed by atoms with Gasteiger partial charge in [0, 0.05) is 37.9 Å². The van der Waals surface area contributed by atoms with Gasteiger partial charge in [0.1, 0.15) is 11.6 Å². The predicted molar refractivity (Wildman–Crippen MR) is 85.7 cm³/mol. The van der Waals surface area contributed by atoms with Gasteiger partial charge in [0.15, 0.2) is 0 Å². The van der Waals surface area contributed by atoms with Crippen molar-refractivity contribution in [3.63, 3.8) is 0 Å². The smallest absolute Gasteiger partial charge is 0.256 e. The second-order valence-corrected chi connectivity index (χ2v) is 5.69. The molecule has 0 atom stereocenters. The zero-order valence-electron chi connectivity index (χ0n) is 12.9. The van der Waals surface area contributed by atoms with Crippen molar-refractivity contribution in [3.05, 3.63) is 65.2 Å². The lowest BCUT2D eigenvalue weighted by Crippen LogP contribution is -2.49. The summed E-state index contributed by atoms with van der Waals surface area (Å²) in [5.74, 6) is -1.87. The van der Waals surface area contributed by atoms with Crippen molar-refractivity contribution in [1.29, 1.82) is 0 Å². The summed E-state index contributed by atoms with van der Waals surface area (Å²) in [7, 11) is 0. The van der Waals surface area contributed by atoms with Crippen molar-refractivity contribution in [2.45, 2.75) is 6.92 Å². The van der Waals surface area contributed by atoms with E-state index in [1.165, 1.54) is 11.6 Å². The summed E-state index contributed by atoms with van der Waals surface area (Å²) in [6.45, 7) is 4.48. The van der Waals surface area contributed by atoms with Gasteiger partial charge in [0.05, 0.1) is 5.56 Å². The van der Waals surface area contributed by atoms with Crippen molar-refractivity contribution >= 4 is 11.6 Å². The van der Waals surface area contributed by atoms with Crippen LogP contribution in [0.25, 0.3) is 0 Å². The molecule has 5 heteroatoms. The number of halogens is 2. The van der Waals surface area contributed by atoms with Crippen LogP contribution in [0.3, 0.4) is 0 Å². The summed E-state index contributed by atoms with van der Waals surface area (Å²) >= 11 is 0. The van der Waals surface area contributed by atoms with Gasteiger partial charge in [0.25, 0.3) is 5.91 Å². The van der Waals surface area contributed by atoms with Crippen LogP contribution in [0, 0.1) is 18.6 Å². The van der Waals surface area contributed by atoms with Gasteiger partial charge in [-0.15, -0.1) is 0 Å². The van der Waals surface area contributed by atoms with Gasteiger partial charge in [-0.3, -0.25) is 4.79 Å². The molecule has 120 valence electrons. The molecule has 0 aliphatic carbocycles. The molecule has 1 heterocycles. The number of benzene rings is 2. The SMILES string of the molecule is Cc1ccccc1N1CCN(C(=O)c2ccc(F)cc2F)CC1. The molecule has 3 rings (SSSR count). The maximum Gasteiger partial charge on any atom is 0.256 e. The van der Waals surface area contributed by atoms with Crippen LogP contribution in [0.5, 0.6) is 0 Å². The Hall–Kier alpha value is -2.43. The summed E-state index contributed by atoms with van der Waals surface area (Å²) in [6.07, 6.45) is 0. The number of amides is 1. The van der Waals surface area contributed by atoms with Crippen molar-refractivity contribution < 1.29 is 13.6 Å². The van der Waals surface area contributed by atoms with E-state index >= 15 is 0 Å². The first kappa shape index (κ1) is 15.5. The van der Waals surface area contributed by atoms with Crippen LogP contribution in [0.1, 0.15) is 15.9 Å². The number of nitrogens with zero attached hydrogens (tertiary/aromatic N) is 2. The van der Waals surface area contributed by atoms with Gasteiger partial charge in [-0.25, -0.2) is 8.78 Å². The Morgan fingerprint density at radius 3 is 2.35 bits per heavy atom. The van der Waals surface area contributed by atoms with Crippen molar-refractivity contribution in [3.8, 4) is 0 Å². The van der Waals surface area contributed by atoms with E-state index < -0.39 is 11.6 Å². The Kier molecular flexibility index (Phi) is 4.28. The minimum absolute atomic E-state index is 0.0734. The van der Waals surface area contributed by atoms with Crippen LogP contribution in [-0.2, 0) is 0 Å². The molecule has 0 radical (unpaired) electrons. The summed E-state index contributed by atoms with van der Waals surface area (Å²) < 4.78 is 26.7. The minimum atomic E-state index is -0.809. The second-order valence-electron chi connectivity index (χ2n) is 5.69. The molecule has 1 aliphatic heterocycles. The number of para-hydroxylation sites is 1. The number of carbonyl (C=O) groups is 1. The number of rotatable bonds is 2. The molecular weight excluding hydrogens is 298 g/mol. The van der Waals surface area contributed by atoms with E-state index in [0.29, 0.717) is 26.2 Å². The summed E-state index contributed by atoms with van der Waals surface area (Å²) in [6, 6.07) is 11.2.